The Morgan fingerprint density at radius 2 is 2.17 bits per heavy atom. The molecule has 0 saturated carbocycles. The molecular weight excluding hydrogens is 321 g/mol. The zero-order valence-electron chi connectivity index (χ0n) is 12.5. The summed E-state index contributed by atoms with van der Waals surface area (Å²) in [6.45, 7) is 1.35. The molecule has 2 rings (SSSR count). The van der Waals surface area contributed by atoms with Crippen molar-refractivity contribution in [3.63, 3.8) is 0 Å². The molecule has 1 aromatic heterocycles. The SMILES string of the molecule is COc1ccc(F)cc1C(=O)COC(=O)C=Cc1csc(C)n1. The molecule has 120 valence electrons. The van der Waals surface area contributed by atoms with Gasteiger partial charge in [-0.25, -0.2) is 14.2 Å². The van der Waals surface area contributed by atoms with Crippen molar-refractivity contribution in [3.8, 4) is 5.75 Å². The highest BCUT2D eigenvalue weighted by Gasteiger charge is 2.15. The van der Waals surface area contributed by atoms with E-state index in [-0.39, 0.29) is 11.3 Å². The summed E-state index contributed by atoms with van der Waals surface area (Å²) < 4.78 is 23.1. The number of ketones is 1. The van der Waals surface area contributed by atoms with Gasteiger partial charge < -0.3 is 9.47 Å². The second-order valence-electron chi connectivity index (χ2n) is 4.50. The number of benzene rings is 1. The van der Waals surface area contributed by atoms with Crippen LogP contribution in [-0.2, 0) is 9.53 Å². The van der Waals surface area contributed by atoms with Crippen molar-refractivity contribution in [1.82, 2.24) is 4.98 Å². The summed E-state index contributed by atoms with van der Waals surface area (Å²) in [6, 6.07) is 3.57. The van der Waals surface area contributed by atoms with Crippen molar-refractivity contribution in [2.75, 3.05) is 13.7 Å². The lowest BCUT2D eigenvalue weighted by molar-refractivity contribution is -0.136. The van der Waals surface area contributed by atoms with Crippen LogP contribution in [0.1, 0.15) is 21.1 Å². The van der Waals surface area contributed by atoms with Crippen molar-refractivity contribution in [2.45, 2.75) is 6.92 Å². The average molecular weight is 335 g/mol. The summed E-state index contributed by atoms with van der Waals surface area (Å²) in [5, 5.41) is 2.67. The largest absolute Gasteiger partial charge is 0.496 e. The molecule has 0 aliphatic heterocycles. The highest BCUT2D eigenvalue weighted by Crippen LogP contribution is 2.20. The van der Waals surface area contributed by atoms with E-state index in [1.165, 1.54) is 42.7 Å². The third-order valence-corrected chi connectivity index (χ3v) is 3.63. The van der Waals surface area contributed by atoms with Crippen molar-refractivity contribution in [3.05, 3.63) is 51.7 Å². The van der Waals surface area contributed by atoms with Gasteiger partial charge in [0.05, 0.1) is 23.4 Å². The molecule has 23 heavy (non-hydrogen) atoms. The number of esters is 1. The van der Waals surface area contributed by atoms with Gasteiger partial charge in [0.2, 0.25) is 5.78 Å². The van der Waals surface area contributed by atoms with Gasteiger partial charge in [-0.05, 0) is 31.2 Å². The molecule has 0 amide bonds. The summed E-state index contributed by atoms with van der Waals surface area (Å²) >= 11 is 1.46. The minimum absolute atomic E-state index is 0.0272. The Hall–Kier alpha value is -2.54. The van der Waals surface area contributed by atoms with Crippen molar-refractivity contribution < 1.29 is 23.5 Å². The van der Waals surface area contributed by atoms with Gasteiger partial charge in [0.1, 0.15) is 11.6 Å². The number of nitrogens with zero attached hydrogens (tertiary/aromatic N) is 1. The summed E-state index contributed by atoms with van der Waals surface area (Å²) in [6.07, 6.45) is 2.68. The number of hydrogen-bond donors (Lipinski definition) is 0. The number of hydrogen-bond acceptors (Lipinski definition) is 6. The predicted molar refractivity (Wildman–Crippen MR) is 84.1 cm³/mol. The number of halogens is 1. The number of carbonyl (C=O) groups excluding carboxylic acids is 2. The number of rotatable bonds is 6. The van der Waals surface area contributed by atoms with Gasteiger partial charge >= 0.3 is 5.97 Å². The molecule has 0 aliphatic carbocycles. The normalized spacial score (nSPS) is 10.7. The van der Waals surface area contributed by atoms with Crippen LogP contribution < -0.4 is 4.74 Å². The molecular formula is C16H14FNO4S. The van der Waals surface area contributed by atoms with E-state index in [0.717, 1.165) is 11.1 Å². The third-order valence-electron chi connectivity index (χ3n) is 2.83. The molecule has 2 aromatic rings. The van der Waals surface area contributed by atoms with Crippen LogP contribution in [0.4, 0.5) is 4.39 Å². The van der Waals surface area contributed by atoms with E-state index in [4.69, 9.17) is 9.47 Å². The van der Waals surface area contributed by atoms with Crippen LogP contribution in [0, 0.1) is 12.7 Å². The maximum absolute atomic E-state index is 13.2. The van der Waals surface area contributed by atoms with E-state index >= 15 is 0 Å². The van der Waals surface area contributed by atoms with E-state index < -0.39 is 24.2 Å². The molecule has 0 radical (unpaired) electrons. The number of methoxy groups -OCH3 is 1. The first kappa shape index (κ1) is 16.8. The maximum atomic E-state index is 13.2. The van der Waals surface area contributed by atoms with Gasteiger partial charge in [-0.1, -0.05) is 0 Å². The minimum Gasteiger partial charge on any atom is -0.496 e. The van der Waals surface area contributed by atoms with Crippen LogP contribution in [0.2, 0.25) is 0 Å². The fourth-order valence-electron chi connectivity index (χ4n) is 1.77. The van der Waals surface area contributed by atoms with Crippen molar-refractivity contribution in [2.24, 2.45) is 0 Å². The van der Waals surface area contributed by atoms with E-state index in [2.05, 4.69) is 4.98 Å². The average Bonchev–Trinajstić information content (AvgIpc) is 2.96. The Bertz CT molecular complexity index is 754. The molecule has 0 saturated heterocycles. The monoisotopic (exact) mass is 335 g/mol. The summed E-state index contributed by atoms with van der Waals surface area (Å²) in [4.78, 5) is 27.7. The van der Waals surface area contributed by atoms with E-state index in [9.17, 15) is 14.0 Å². The van der Waals surface area contributed by atoms with E-state index in [1.807, 2.05) is 6.92 Å². The number of ether oxygens (including phenoxy) is 2. The number of thiazole rings is 1. The Morgan fingerprint density at radius 3 is 2.83 bits per heavy atom. The first-order valence-electron chi connectivity index (χ1n) is 6.63. The van der Waals surface area contributed by atoms with E-state index in [1.54, 1.807) is 5.38 Å². The number of Topliss-reactive ketones (excluding diaryl/α,β-unsaturated/α-hetero) is 1. The van der Waals surface area contributed by atoms with Gasteiger partial charge in [0, 0.05) is 11.5 Å². The lowest BCUT2D eigenvalue weighted by Crippen LogP contribution is -2.13. The summed E-state index contributed by atoms with van der Waals surface area (Å²) in [5.74, 6) is -1.58. The van der Waals surface area contributed by atoms with Crippen LogP contribution in [0.15, 0.2) is 29.7 Å². The first-order chi connectivity index (χ1) is 11.0. The van der Waals surface area contributed by atoms with Gasteiger partial charge in [-0.2, -0.15) is 0 Å². The van der Waals surface area contributed by atoms with Crippen LogP contribution >= 0.6 is 11.3 Å². The van der Waals surface area contributed by atoms with Crippen molar-refractivity contribution in [1.29, 1.82) is 0 Å². The quantitative estimate of drug-likeness (QED) is 0.461. The molecule has 0 bridgehead atoms. The molecule has 0 spiro atoms. The minimum atomic E-state index is -0.681. The number of carbonyl (C=O) groups is 2. The Kier molecular flexibility index (Phi) is 5.59. The zero-order valence-corrected chi connectivity index (χ0v) is 13.4. The topological polar surface area (TPSA) is 65.5 Å². The molecule has 0 atom stereocenters. The molecule has 5 nitrogen and oxygen atoms in total. The summed E-state index contributed by atoms with van der Waals surface area (Å²) in [7, 11) is 1.37. The molecule has 0 unspecified atom stereocenters. The fraction of sp³-hybridized carbons (Fsp3) is 0.188. The standard InChI is InChI=1S/C16H14FNO4S/c1-10-18-12(9-23-10)4-6-16(20)22-8-14(19)13-7-11(17)3-5-15(13)21-2/h3-7,9H,8H2,1-2H3. The summed E-state index contributed by atoms with van der Waals surface area (Å²) in [5.41, 5.74) is 0.669. The Balaban J connectivity index is 1.95. The Morgan fingerprint density at radius 1 is 1.39 bits per heavy atom. The van der Waals surface area contributed by atoms with Gasteiger partial charge in [0.15, 0.2) is 6.61 Å². The molecule has 7 heteroatoms. The Labute approximate surface area is 136 Å². The lowest BCUT2D eigenvalue weighted by Gasteiger charge is -2.07. The van der Waals surface area contributed by atoms with E-state index in [0.29, 0.717) is 5.69 Å². The lowest BCUT2D eigenvalue weighted by atomic mass is 10.1. The van der Waals surface area contributed by atoms with Gasteiger partial charge in [0.25, 0.3) is 0 Å². The number of aromatic nitrogens is 1. The molecule has 1 heterocycles. The molecule has 0 aliphatic rings. The van der Waals surface area contributed by atoms with Crippen LogP contribution in [0.5, 0.6) is 5.75 Å². The first-order valence-corrected chi connectivity index (χ1v) is 7.51. The van der Waals surface area contributed by atoms with Crippen LogP contribution in [0.25, 0.3) is 6.08 Å². The highest BCUT2D eigenvalue weighted by atomic mass is 32.1. The van der Waals surface area contributed by atoms with Crippen LogP contribution in [-0.4, -0.2) is 30.5 Å². The number of aryl methyl sites for hydroxylation is 1. The molecule has 0 N–H and O–H groups in total. The molecule has 1 aromatic carbocycles. The van der Waals surface area contributed by atoms with Gasteiger partial charge in [-0.3, -0.25) is 4.79 Å². The van der Waals surface area contributed by atoms with Gasteiger partial charge in [-0.15, -0.1) is 11.3 Å². The predicted octanol–water partition coefficient (Wildman–Crippen LogP) is 3.04. The van der Waals surface area contributed by atoms with Crippen LogP contribution in [0.3, 0.4) is 0 Å². The maximum Gasteiger partial charge on any atom is 0.331 e. The zero-order chi connectivity index (χ0) is 16.8. The highest BCUT2D eigenvalue weighted by molar-refractivity contribution is 7.09. The second-order valence-corrected chi connectivity index (χ2v) is 5.56. The molecule has 0 fully saturated rings. The van der Waals surface area contributed by atoms with Crippen molar-refractivity contribution >= 4 is 29.2 Å². The third kappa shape index (κ3) is 4.72. The fourth-order valence-corrected chi connectivity index (χ4v) is 2.35. The smallest absolute Gasteiger partial charge is 0.331 e. The second kappa shape index (κ2) is 7.64.